The lowest BCUT2D eigenvalue weighted by atomic mass is 9.84. The van der Waals surface area contributed by atoms with Crippen LogP contribution in [-0.2, 0) is 0 Å². The summed E-state index contributed by atoms with van der Waals surface area (Å²) in [5.74, 6) is 0.773. The van der Waals surface area contributed by atoms with Gasteiger partial charge in [0.1, 0.15) is 0 Å². The SMILES string of the molecule is CC(O)CNc1ccc(C2CCCCC2)cc1. The van der Waals surface area contributed by atoms with Gasteiger partial charge in [-0.25, -0.2) is 0 Å². The van der Waals surface area contributed by atoms with Crippen molar-refractivity contribution >= 4 is 5.69 Å². The van der Waals surface area contributed by atoms with E-state index < -0.39 is 0 Å². The number of benzene rings is 1. The van der Waals surface area contributed by atoms with Crippen LogP contribution >= 0.6 is 0 Å². The average molecular weight is 233 g/mol. The van der Waals surface area contributed by atoms with Gasteiger partial charge in [-0.1, -0.05) is 31.4 Å². The van der Waals surface area contributed by atoms with Crippen LogP contribution in [0.3, 0.4) is 0 Å². The monoisotopic (exact) mass is 233 g/mol. The van der Waals surface area contributed by atoms with E-state index in [-0.39, 0.29) is 6.10 Å². The highest BCUT2D eigenvalue weighted by molar-refractivity contribution is 5.45. The lowest BCUT2D eigenvalue weighted by molar-refractivity contribution is 0.208. The summed E-state index contributed by atoms with van der Waals surface area (Å²) in [4.78, 5) is 0. The highest BCUT2D eigenvalue weighted by Gasteiger charge is 2.14. The summed E-state index contributed by atoms with van der Waals surface area (Å²) >= 11 is 0. The molecule has 1 fully saturated rings. The first-order valence-corrected chi connectivity index (χ1v) is 6.77. The van der Waals surface area contributed by atoms with Gasteiger partial charge >= 0.3 is 0 Å². The van der Waals surface area contributed by atoms with Crippen LogP contribution in [0.2, 0.25) is 0 Å². The van der Waals surface area contributed by atoms with E-state index in [0.29, 0.717) is 6.54 Å². The third kappa shape index (κ3) is 3.74. The summed E-state index contributed by atoms with van der Waals surface area (Å²) in [7, 11) is 0. The van der Waals surface area contributed by atoms with Gasteiger partial charge in [0.05, 0.1) is 6.10 Å². The van der Waals surface area contributed by atoms with Crippen LogP contribution in [0.1, 0.15) is 50.5 Å². The number of hydrogen-bond donors (Lipinski definition) is 2. The van der Waals surface area contributed by atoms with E-state index >= 15 is 0 Å². The van der Waals surface area contributed by atoms with Crippen LogP contribution in [0.25, 0.3) is 0 Å². The van der Waals surface area contributed by atoms with Crippen molar-refractivity contribution in [1.29, 1.82) is 0 Å². The zero-order chi connectivity index (χ0) is 12.1. The van der Waals surface area contributed by atoms with Gasteiger partial charge in [0, 0.05) is 12.2 Å². The molecule has 2 heteroatoms. The van der Waals surface area contributed by atoms with Crippen LogP contribution in [0.5, 0.6) is 0 Å². The number of nitrogens with one attached hydrogen (secondary N) is 1. The molecule has 0 spiro atoms. The second-order valence-electron chi connectivity index (χ2n) is 5.19. The van der Waals surface area contributed by atoms with Crippen molar-refractivity contribution in [2.75, 3.05) is 11.9 Å². The number of aliphatic hydroxyl groups is 1. The third-order valence-electron chi connectivity index (χ3n) is 3.59. The lowest BCUT2D eigenvalue weighted by Crippen LogP contribution is -2.15. The normalized spacial score (nSPS) is 18.9. The van der Waals surface area contributed by atoms with E-state index in [1.54, 1.807) is 6.92 Å². The van der Waals surface area contributed by atoms with E-state index in [0.717, 1.165) is 11.6 Å². The fourth-order valence-electron chi connectivity index (χ4n) is 2.57. The van der Waals surface area contributed by atoms with E-state index in [4.69, 9.17) is 0 Å². The molecule has 2 rings (SSSR count). The van der Waals surface area contributed by atoms with Crippen molar-refractivity contribution in [2.45, 2.75) is 51.0 Å². The maximum Gasteiger partial charge on any atom is 0.0684 e. The zero-order valence-electron chi connectivity index (χ0n) is 10.7. The van der Waals surface area contributed by atoms with Crippen molar-refractivity contribution in [3.63, 3.8) is 0 Å². The maximum atomic E-state index is 9.21. The smallest absolute Gasteiger partial charge is 0.0684 e. The Labute approximate surface area is 104 Å². The summed E-state index contributed by atoms with van der Waals surface area (Å²) in [5.41, 5.74) is 2.58. The Hall–Kier alpha value is -1.02. The lowest BCUT2D eigenvalue weighted by Gasteiger charge is -2.22. The van der Waals surface area contributed by atoms with E-state index in [2.05, 4.69) is 29.6 Å². The number of rotatable bonds is 4. The molecular weight excluding hydrogens is 210 g/mol. The Bertz CT molecular complexity index is 325. The molecule has 1 aromatic rings. The van der Waals surface area contributed by atoms with Crippen LogP contribution in [0, 0.1) is 0 Å². The minimum absolute atomic E-state index is 0.298. The van der Waals surface area contributed by atoms with Crippen molar-refractivity contribution in [2.24, 2.45) is 0 Å². The van der Waals surface area contributed by atoms with E-state index in [1.165, 1.54) is 37.7 Å². The minimum atomic E-state index is -0.298. The quantitative estimate of drug-likeness (QED) is 0.834. The van der Waals surface area contributed by atoms with Crippen molar-refractivity contribution in [3.05, 3.63) is 29.8 Å². The van der Waals surface area contributed by atoms with Crippen molar-refractivity contribution in [1.82, 2.24) is 0 Å². The molecule has 2 nitrogen and oxygen atoms in total. The molecule has 0 radical (unpaired) electrons. The first-order valence-electron chi connectivity index (χ1n) is 6.77. The first-order chi connectivity index (χ1) is 8.25. The number of aliphatic hydroxyl groups excluding tert-OH is 1. The molecule has 94 valence electrons. The van der Waals surface area contributed by atoms with Crippen molar-refractivity contribution < 1.29 is 5.11 Å². The maximum absolute atomic E-state index is 9.21. The molecule has 17 heavy (non-hydrogen) atoms. The molecule has 0 aliphatic heterocycles. The van der Waals surface area contributed by atoms with Gasteiger partial charge in [0.25, 0.3) is 0 Å². The molecule has 0 bridgehead atoms. The predicted octanol–water partition coefficient (Wildman–Crippen LogP) is 3.53. The number of anilines is 1. The number of hydrogen-bond acceptors (Lipinski definition) is 2. The Morgan fingerprint density at radius 1 is 1.18 bits per heavy atom. The van der Waals surface area contributed by atoms with Crippen molar-refractivity contribution in [3.8, 4) is 0 Å². The molecule has 2 N–H and O–H groups in total. The summed E-state index contributed by atoms with van der Waals surface area (Å²) in [5, 5.41) is 12.4. The fraction of sp³-hybridized carbons (Fsp3) is 0.600. The zero-order valence-corrected chi connectivity index (χ0v) is 10.7. The van der Waals surface area contributed by atoms with Crippen LogP contribution in [0.15, 0.2) is 24.3 Å². The second kappa shape index (κ2) is 6.06. The fourth-order valence-corrected chi connectivity index (χ4v) is 2.57. The van der Waals surface area contributed by atoms with Crippen LogP contribution in [0.4, 0.5) is 5.69 Å². The molecule has 1 unspecified atom stereocenters. The van der Waals surface area contributed by atoms with Gasteiger partial charge in [-0.3, -0.25) is 0 Å². The van der Waals surface area contributed by atoms with Gasteiger partial charge in [-0.05, 0) is 43.4 Å². The summed E-state index contributed by atoms with van der Waals surface area (Å²) in [6.45, 7) is 2.41. The summed E-state index contributed by atoms with van der Waals surface area (Å²) in [6, 6.07) is 8.74. The molecule has 0 amide bonds. The molecule has 1 atom stereocenters. The first kappa shape index (κ1) is 12.4. The molecule has 1 aliphatic carbocycles. The standard InChI is InChI=1S/C15H23NO/c1-12(17)11-16-15-9-7-14(8-10-15)13-5-3-2-4-6-13/h7-10,12-13,16-17H,2-6,11H2,1H3. The van der Waals surface area contributed by atoms with Gasteiger partial charge in [0.15, 0.2) is 0 Å². The topological polar surface area (TPSA) is 32.3 Å². The highest BCUT2D eigenvalue weighted by Crippen LogP contribution is 2.32. The summed E-state index contributed by atoms with van der Waals surface area (Å²) < 4.78 is 0. The van der Waals surface area contributed by atoms with Crippen LogP contribution < -0.4 is 5.32 Å². The summed E-state index contributed by atoms with van der Waals surface area (Å²) in [6.07, 6.45) is 6.57. The van der Waals surface area contributed by atoms with Gasteiger partial charge in [0.2, 0.25) is 0 Å². The Morgan fingerprint density at radius 3 is 2.41 bits per heavy atom. The van der Waals surface area contributed by atoms with Gasteiger partial charge < -0.3 is 10.4 Å². The molecule has 0 aromatic heterocycles. The minimum Gasteiger partial charge on any atom is -0.392 e. The largest absolute Gasteiger partial charge is 0.392 e. The molecule has 1 saturated carbocycles. The third-order valence-corrected chi connectivity index (χ3v) is 3.59. The van der Waals surface area contributed by atoms with Gasteiger partial charge in [-0.2, -0.15) is 0 Å². The molecule has 0 saturated heterocycles. The van der Waals surface area contributed by atoms with Gasteiger partial charge in [-0.15, -0.1) is 0 Å². The van der Waals surface area contributed by atoms with E-state index in [1.807, 2.05) is 0 Å². The molecule has 1 aromatic carbocycles. The predicted molar refractivity (Wildman–Crippen MR) is 72.4 cm³/mol. The highest BCUT2D eigenvalue weighted by atomic mass is 16.3. The second-order valence-corrected chi connectivity index (χ2v) is 5.19. The molecule has 1 aliphatic rings. The Balaban J connectivity index is 1.92. The Kier molecular flexibility index (Phi) is 4.43. The molecular formula is C15H23NO. The Morgan fingerprint density at radius 2 is 1.82 bits per heavy atom. The molecule has 0 heterocycles. The average Bonchev–Trinajstić information content (AvgIpc) is 2.38. The van der Waals surface area contributed by atoms with Crippen LogP contribution in [-0.4, -0.2) is 17.8 Å². The van der Waals surface area contributed by atoms with E-state index in [9.17, 15) is 5.11 Å².